The van der Waals surface area contributed by atoms with E-state index in [4.69, 9.17) is 10.5 Å². The smallest absolute Gasteiger partial charge is 0.315 e. The monoisotopic (exact) mass is 349 g/mol. The number of primary amides is 1. The molecule has 0 radical (unpaired) electrons. The third-order valence-electron chi connectivity index (χ3n) is 4.22. The molecule has 0 aromatic carbocycles. The van der Waals surface area contributed by atoms with Gasteiger partial charge in [0.25, 0.3) is 0 Å². The van der Waals surface area contributed by atoms with Crippen LogP contribution in [-0.4, -0.2) is 49.8 Å². The number of hydrogen-bond acceptors (Lipinski definition) is 5. The summed E-state index contributed by atoms with van der Waals surface area (Å²) < 4.78 is 5.00. The van der Waals surface area contributed by atoms with Crippen LogP contribution in [-0.2, 0) is 16.1 Å². The lowest BCUT2D eigenvalue weighted by Crippen LogP contribution is -2.43. The van der Waals surface area contributed by atoms with E-state index in [1.54, 1.807) is 13.3 Å². The number of methoxy groups -OCH3 is 1. The number of pyridine rings is 1. The molecule has 8 heteroatoms. The Labute approximate surface area is 148 Å². The lowest BCUT2D eigenvalue weighted by molar-refractivity contribution is -0.122. The van der Waals surface area contributed by atoms with Gasteiger partial charge in [0.2, 0.25) is 5.91 Å². The summed E-state index contributed by atoms with van der Waals surface area (Å²) in [5.41, 5.74) is 6.36. The molecule has 3 amide bonds. The van der Waals surface area contributed by atoms with Crippen molar-refractivity contribution >= 4 is 17.8 Å². The van der Waals surface area contributed by atoms with Gasteiger partial charge in [-0.1, -0.05) is 6.07 Å². The van der Waals surface area contributed by atoms with E-state index >= 15 is 0 Å². The zero-order valence-corrected chi connectivity index (χ0v) is 14.8. The summed E-state index contributed by atoms with van der Waals surface area (Å²) in [6, 6.07) is 3.43. The van der Waals surface area contributed by atoms with Gasteiger partial charge in [-0.15, -0.1) is 0 Å². The maximum absolute atomic E-state index is 12.0. The number of hydrogen-bond donors (Lipinski definition) is 3. The maximum atomic E-state index is 12.0. The van der Waals surface area contributed by atoms with Crippen LogP contribution in [0.5, 0.6) is 0 Å². The quantitative estimate of drug-likeness (QED) is 0.668. The number of carbonyl (C=O) groups is 2. The second-order valence-corrected chi connectivity index (χ2v) is 6.36. The molecule has 138 valence electrons. The van der Waals surface area contributed by atoms with Crippen LogP contribution in [0.4, 0.5) is 10.6 Å². The molecule has 0 bridgehead atoms. The first-order valence-electron chi connectivity index (χ1n) is 8.52. The number of nitrogens with zero attached hydrogens (tertiary/aromatic N) is 2. The number of urea groups is 1. The number of piperidine rings is 1. The van der Waals surface area contributed by atoms with E-state index < -0.39 is 0 Å². The summed E-state index contributed by atoms with van der Waals surface area (Å²) in [5, 5.41) is 5.64. The molecule has 1 aromatic heterocycles. The predicted molar refractivity (Wildman–Crippen MR) is 95.1 cm³/mol. The molecule has 1 aromatic rings. The average Bonchev–Trinajstić information content (AvgIpc) is 2.60. The molecular weight excluding hydrogens is 322 g/mol. The molecule has 1 saturated heterocycles. The highest BCUT2D eigenvalue weighted by molar-refractivity contribution is 5.77. The Morgan fingerprint density at radius 2 is 2.32 bits per heavy atom. The molecule has 2 atom stereocenters. The normalized spacial score (nSPS) is 18.5. The van der Waals surface area contributed by atoms with E-state index in [9.17, 15) is 9.59 Å². The highest BCUT2D eigenvalue weighted by Gasteiger charge is 2.26. The van der Waals surface area contributed by atoms with Gasteiger partial charge in [-0.3, -0.25) is 4.79 Å². The number of aromatic nitrogens is 1. The van der Waals surface area contributed by atoms with Gasteiger partial charge in [-0.25, -0.2) is 9.78 Å². The van der Waals surface area contributed by atoms with E-state index in [0.717, 1.165) is 30.8 Å². The van der Waals surface area contributed by atoms with E-state index in [0.29, 0.717) is 19.7 Å². The molecule has 0 aliphatic carbocycles. The molecule has 1 fully saturated rings. The Morgan fingerprint density at radius 3 is 3.04 bits per heavy atom. The standard InChI is InChI=1S/C17H27N5O3/c1-12(11-25-2)21-17(24)20-9-13-5-3-7-19-16(13)22-8-4-6-14(10-22)15(18)23/h3,5,7,12,14H,4,6,8-11H2,1-2H3,(H2,18,23)(H2,20,21,24)/t12-,14-/m1/s1. The number of ether oxygens (including phenoxy) is 1. The van der Waals surface area contributed by atoms with Gasteiger partial charge in [0.05, 0.1) is 18.6 Å². The van der Waals surface area contributed by atoms with E-state index in [-0.39, 0.29) is 23.9 Å². The molecule has 0 unspecified atom stereocenters. The highest BCUT2D eigenvalue weighted by Crippen LogP contribution is 2.24. The van der Waals surface area contributed by atoms with Gasteiger partial charge in [-0.2, -0.15) is 0 Å². The summed E-state index contributed by atoms with van der Waals surface area (Å²) in [5.74, 6) is 0.361. The molecule has 1 aliphatic rings. The fourth-order valence-electron chi connectivity index (χ4n) is 3.00. The Morgan fingerprint density at radius 1 is 1.52 bits per heavy atom. The van der Waals surface area contributed by atoms with E-state index in [1.165, 1.54) is 0 Å². The van der Waals surface area contributed by atoms with Crippen LogP contribution in [0.2, 0.25) is 0 Å². The summed E-state index contributed by atoms with van der Waals surface area (Å²) in [6.45, 7) is 4.07. The molecule has 8 nitrogen and oxygen atoms in total. The first-order chi connectivity index (χ1) is 12.0. The first kappa shape index (κ1) is 19.0. The molecule has 1 aliphatic heterocycles. The Balaban J connectivity index is 1.98. The van der Waals surface area contributed by atoms with Crippen LogP contribution in [0, 0.1) is 5.92 Å². The van der Waals surface area contributed by atoms with Crippen LogP contribution in [0.3, 0.4) is 0 Å². The minimum absolute atomic E-state index is 0.0724. The van der Waals surface area contributed by atoms with Gasteiger partial charge in [-0.05, 0) is 25.8 Å². The van der Waals surface area contributed by atoms with Gasteiger partial charge >= 0.3 is 6.03 Å². The van der Waals surface area contributed by atoms with Gasteiger partial charge in [0.1, 0.15) is 5.82 Å². The second kappa shape index (κ2) is 9.22. The van der Waals surface area contributed by atoms with Crippen molar-refractivity contribution in [3.8, 4) is 0 Å². The number of nitrogens with one attached hydrogen (secondary N) is 2. The number of nitrogens with two attached hydrogens (primary N) is 1. The second-order valence-electron chi connectivity index (χ2n) is 6.36. The lowest BCUT2D eigenvalue weighted by atomic mass is 9.97. The zero-order chi connectivity index (χ0) is 18.2. The molecule has 4 N–H and O–H groups in total. The SMILES string of the molecule is COC[C@@H](C)NC(=O)NCc1cccnc1N1CCC[C@@H](C(N)=O)C1. The van der Waals surface area contributed by atoms with E-state index in [1.807, 2.05) is 19.1 Å². The Bertz CT molecular complexity index is 595. The average molecular weight is 349 g/mol. The Hall–Kier alpha value is -2.35. The van der Waals surface area contributed by atoms with Crippen LogP contribution in [0.15, 0.2) is 18.3 Å². The molecule has 2 rings (SSSR count). The number of amides is 3. The number of rotatable bonds is 7. The summed E-state index contributed by atoms with van der Waals surface area (Å²) >= 11 is 0. The van der Waals surface area contributed by atoms with Crippen molar-refractivity contribution in [1.82, 2.24) is 15.6 Å². The van der Waals surface area contributed by atoms with Crippen LogP contribution in [0.25, 0.3) is 0 Å². The fraction of sp³-hybridized carbons (Fsp3) is 0.588. The molecular formula is C17H27N5O3. The van der Waals surface area contributed by atoms with Gasteiger partial charge < -0.3 is 26.0 Å². The molecule has 2 heterocycles. The van der Waals surface area contributed by atoms with Crippen molar-refractivity contribution in [2.75, 3.05) is 31.7 Å². The molecule has 0 spiro atoms. The number of anilines is 1. The summed E-state index contributed by atoms with van der Waals surface area (Å²) in [6.07, 6.45) is 3.42. The Kier molecular flexibility index (Phi) is 7.00. The van der Waals surface area contributed by atoms with Crippen LogP contribution in [0.1, 0.15) is 25.3 Å². The van der Waals surface area contributed by atoms with Crippen molar-refractivity contribution < 1.29 is 14.3 Å². The summed E-state index contributed by atoms with van der Waals surface area (Å²) in [4.78, 5) is 30.0. The van der Waals surface area contributed by atoms with Gasteiger partial charge in [0.15, 0.2) is 0 Å². The van der Waals surface area contributed by atoms with Crippen LogP contribution < -0.4 is 21.3 Å². The van der Waals surface area contributed by atoms with Gasteiger partial charge in [0, 0.05) is 38.5 Å². The number of carbonyl (C=O) groups excluding carboxylic acids is 2. The van der Waals surface area contributed by atoms with Crippen molar-refractivity contribution in [2.24, 2.45) is 11.7 Å². The van der Waals surface area contributed by atoms with Crippen molar-refractivity contribution in [1.29, 1.82) is 0 Å². The predicted octanol–water partition coefficient (Wildman–Crippen LogP) is 0.617. The molecule has 25 heavy (non-hydrogen) atoms. The lowest BCUT2D eigenvalue weighted by Gasteiger charge is -2.33. The van der Waals surface area contributed by atoms with E-state index in [2.05, 4.69) is 20.5 Å². The van der Waals surface area contributed by atoms with Crippen molar-refractivity contribution in [3.05, 3.63) is 23.9 Å². The zero-order valence-electron chi connectivity index (χ0n) is 14.8. The topological polar surface area (TPSA) is 110 Å². The van der Waals surface area contributed by atoms with Crippen molar-refractivity contribution in [3.63, 3.8) is 0 Å². The summed E-state index contributed by atoms with van der Waals surface area (Å²) in [7, 11) is 1.59. The largest absolute Gasteiger partial charge is 0.383 e. The minimum Gasteiger partial charge on any atom is -0.383 e. The first-order valence-corrected chi connectivity index (χ1v) is 8.52. The fourth-order valence-corrected chi connectivity index (χ4v) is 3.00. The highest BCUT2D eigenvalue weighted by atomic mass is 16.5. The third kappa shape index (κ3) is 5.60. The minimum atomic E-state index is -0.271. The third-order valence-corrected chi connectivity index (χ3v) is 4.22. The molecule has 0 saturated carbocycles. The van der Waals surface area contributed by atoms with Crippen molar-refractivity contribution in [2.45, 2.75) is 32.4 Å². The maximum Gasteiger partial charge on any atom is 0.315 e. The van der Waals surface area contributed by atoms with Crippen LogP contribution >= 0.6 is 0 Å².